The monoisotopic (exact) mass is 416 g/mol. The predicted octanol–water partition coefficient (Wildman–Crippen LogP) is 1.95. The highest BCUT2D eigenvalue weighted by molar-refractivity contribution is 5.93. The van der Waals surface area contributed by atoms with E-state index in [0.717, 1.165) is 38.5 Å². The predicted molar refractivity (Wildman–Crippen MR) is 108 cm³/mol. The van der Waals surface area contributed by atoms with Crippen molar-refractivity contribution in [3.05, 3.63) is 29.8 Å². The van der Waals surface area contributed by atoms with Crippen molar-refractivity contribution in [1.29, 1.82) is 0 Å². The highest BCUT2D eigenvalue weighted by Gasteiger charge is 2.30. The molecule has 0 aromatic carbocycles. The van der Waals surface area contributed by atoms with Gasteiger partial charge >= 0.3 is 5.92 Å². The highest BCUT2D eigenvalue weighted by Crippen LogP contribution is 2.31. The number of pyridine rings is 1. The highest BCUT2D eigenvalue weighted by atomic mass is 19.3. The summed E-state index contributed by atoms with van der Waals surface area (Å²) in [6, 6.07) is 3.25. The summed E-state index contributed by atoms with van der Waals surface area (Å²) in [5.74, 6) is -2.49. The first-order valence-electron chi connectivity index (χ1n) is 9.53. The van der Waals surface area contributed by atoms with E-state index in [4.69, 9.17) is 5.10 Å². The fourth-order valence-corrected chi connectivity index (χ4v) is 3.42. The van der Waals surface area contributed by atoms with E-state index in [0.29, 0.717) is 29.3 Å². The average Bonchev–Trinajstić information content (AvgIpc) is 3.07. The summed E-state index contributed by atoms with van der Waals surface area (Å²) >= 11 is 0. The third-order valence-corrected chi connectivity index (χ3v) is 5.01. The Kier molecular flexibility index (Phi) is 5.06. The molecule has 1 saturated heterocycles. The van der Waals surface area contributed by atoms with Crippen molar-refractivity contribution in [2.75, 3.05) is 43.4 Å². The largest absolute Gasteiger partial charge is 0.352 e. The lowest BCUT2D eigenvalue weighted by atomic mass is 10.2. The maximum absolute atomic E-state index is 13.9. The fourth-order valence-electron chi connectivity index (χ4n) is 3.42. The van der Waals surface area contributed by atoms with Crippen molar-refractivity contribution in [1.82, 2.24) is 29.6 Å². The molecule has 1 aliphatic heterocycles. The van der Waals surface area contributed by atoms with E-state index < -0.39 is 11.7 Å². The normalized spacial score (nSPS) is 15.6. The minimum atomic E-state index is -3.18. The van der Waals surface area contributed by atoms with Crippen LogP contribution >= 0.6 is 0 Å². The smallest absolute Gasteiger partial charge is 0.303 e. The summed E-state index contributed by atoms with van der Waals surface area (Å²) in [7, 11) is 2.06. The average molecular weight is 416 g/mol. The van der Waals surface area contributed by atoms with Gasteiger partial charge in [0, 0.05) is 57.1 Å². The summed E-state index contributed by atoms with van der Waals surface area (Å²) < 4.78 is 29.3. The number of piperazine rings is 1. The van der Waals surface area contributed by atoms with Gasteiger partial charge in [0.05, 0.1) is 10.9 Å². The number of alkyl halides is 2. The molecular weight excluding hydrogens is 394 g/mol. The number of nitrogens with zero attached hydrogens (tertiary/aromatic N) is 7. The molecule has 3 aromatic rings. The van der Waals surface area contributed by atoms with Crippen LogP contribution in [0, 0.1) is 6.92 Å². The van der Waals surface area contributed by atoms with Crippen LogP contribution in [0.5, 0.6) is 0 Å². The number of carbonyl (C=O) groups is 1. The molecule has 0 aliphatic carbocycles. The van der Waals surface area contributed by atoms with Gasteiger partial charge in [0.2, 0.25) is 12.2 Å². The zero-order chi connectivity index (χ0) is 21.5. The molecule has 3 aromatic heterocycles. The number of likely N-dealkylation sites (N-methyl/N-ethyl adjacent to an activating group) is 1. The molecule has 0 bridgehead atoms. The Balaban J connectivity index is 1.89. The number of aromatic nitrogens is 5. The van der Waals surface area contributed by atoms with Crippen LogP contribution in [0.4, 0.5) is 20.4 Å². The molecule has 0 radical (unpaired) electrons. The first-order valence-corrected chi connectivity index (χ1v) is 9.53. The fraction of sp³-hybridized carbons (Fsp3) is 0.421. The third-order valence-electron chi connectivity index (χ3n) is 5.01. The first kappa shape index (κ1) is 20.1. The van der Waals surface area contributed by atoms with Crippen molar-refractivity contribution in [3.8, 4) is 5.82 Å². The molecule has 0 saturated carbocycles. The number of halogens is 2. The van der Waals surface area contributed by atoms with Crippen LogP contribution < -0.4 is 10.2 Å². The van der Waals surface area contributed by atoms with Crippen molar-refractivity contribution in [3.63, 3.8) is 0 Å². The van der Waals surface area contributed by atoms with Crippen LogP contribution in [0.1, 0.15) is 18.4 Å². The van der Waals surface area contributed by atoms with Gasteiger partial charge in [0.1, 0.15) is 5.82 Å². The molecule has 4 rings (SSSR count). The summed E-state index contributed by atoms with van der Waals surface area (Å²) in [6.07, 6.45) is 2.16. The van der Waals surface area contributed by atoms with Gasteiger partial charge in [-0.2, -0.15) is 8.78 Å². The van der Waals surface area contributed by atoms with Gasteiger partial charge in [-0.3, -0.25) is 4.79 Å². The van der Waals surface area contributed by atoms with Crippen molar-refractivity contribution in [2.45, 2.75) is 19.8 Å². The Bertz CT molecular complexity index is 1090. The van der Waals surface area contributed by atoms with Crippen LogP contribution in [0.15, 0.2) is 18.3 Å². The Morgan fingerprint density at radius 1 is 1.17 bits per heavy atom. The van der Waals surface area contributed by atoms with E-state index in [9.17, 15) is 13.6 Å². The minimum Gasteiger partial charge on any atom is -0.352 e. The molecule has 0 unspecified atom stereocenters. The number of aryl methyl sites for hydroxylation is 1. The van der Waals surface area contributed by atoms with Gasteiger partial charge < -0.3 is 15.1 Å². The number of anilines is 2. The van der Waals surface area contributed by atoms with Crippen LogP contribution in [-0.2, 0) is 10.7 Å². The number of hydrogen-bond donors (Lipinski definition) is 1. The van der Waals surface area contributed by atoms with E-state index in [1.165, 1.54) is 4.68 Å². The minimum absolute atomic E-state index is 0.229. The number of nitrogens with one attached hydrogen (secondary N) is 1. The SMILES string of the molecule is Cc1cc(-n2nc(N3CCN(C)CC3)c3cnc(NC=O)cc32)nc(C(C)(F)F)n1. The van der Waals surface area contributed by atoms with E-state index in [-0.39, 0.29) is 5.82 Å². The molecule has 158 valence electrons. The van der Waals surface area contributed by atoms with E-state index in [1.807, 2.05) is 0 Å². The zero-order valence-corrected chi connectivity index (χ0v) is 16.9. The summed E-state index contributed by atoms with van der Waals surface area (Å²) in [5, 5.41) is 7.97. The van der Waals surface area contributed by atoms with Gasteiger partial charge in [-0.25, -0.2) is 19.6 Å². The third kappa shape index (κ3) is 3.80. The van der Waals surface area contributed by atoms with Crippen molar-refractivity contribution >= 4 is 28.9 Å². The van der Waals surface area contributed by atoms with E-state index >= 15 is 0 Å². The second kappa shape index (κ2) is 7.56. The Labute approximate surface area is 171 Å². The van der Waals surface area contributed by atoms with Crippen LogP contribution in [0.2, 0.25) is 0 Å². The molecular formula is C19H22F2N8O. The standard InChI is InChI=1S/C19H22F2N8O/c1-12-8-16(25-18(24-12)19(2,20)21)29-14-9-15(23-11-30)22-10-13(14)17(26-29)28-6-4-27(3)5-7-28/h8-11H,4-7H2,1-3H3,(H,22,23,30). The topological polar surface area (TPSA) is 92.1 Å². The van der Waals surface area contributed by atoms with E-state index in [2.05, 4.69) is 37.1 Å². The molecule has 9 nitrogen and oxygen atoms in total. The number of carbonyl (C=O) groups excluding carboxylic acids is 1. The van der Waals surface area contributed by atoms with Gasteiger partial charge in [0.25, 0.3) is 0 Å². The summed E-state index contributed by atoms with van der Waals surface area (Å²) in [4.78, 5) is 27.4. The van der Waals surface area contributed by atoms with Gasteiger partial charge in [-0.15, -0.1) is 5.10 Å². The van der Waals surface area contributed by atoms with Crippen molar-refractivity contribution in [2.24, 2.45) is 0 Å². The van der Waals surface area contributed by atoms with Crippen LogP contribution in [0.3, 0.4) is 0 Å². The maximum Gasteiger partial charge on any atom is 0.303 e. The Morgan fingerprint density at radius 2 is 1.90 bits per heavy atom. The first-order chi connectivity index (χ1) is 14.3. The Morgan fingerprint density at radius 3 is 2.57 bits per heavy atom. The lowest BCUT2D eigenvalue weighted by Gasteiger charge is -2.32. The molecule has 11 heteroatoms. The molecule has 4 heterocycles. The summed E-state index contributed by atoms with van der Waals surface area (Å²) in [5.41, 5.74) is 1.01. The number of fused-ring (bicyclic) bond motifs is 1. The molecule has 0 spiro atoms. The molecule has 1 amide bonds. The number of rotatable bonds is 5. The molecule has 0 atom stereocenters. The number of hydrogen-bond acceptors (Lipinski definition) is 7. The van der Waals surface area contributed by atoms with E-state index in [1.54, 1.807) is 25.3 Å². The lowest BCUT2D eigenvalue weighted by molar-refractivity contribution is -0.105. The molecule has 1 fully saturated rings. The number of amides is 1. The summed E-state index contributed by atoms with van der Waals surface area (Å²) in [6.45, 7) is 5.71. The lowest BCUT2D eigenvalue weighted by Crippen LogP contribution is -2.44. The molecule has 1 aliphatic rings. The second-order valence-electron chi connectivity index (χ2n) is 7.45. The second-order valence-corrected chi connectivity index (χ2v) is 7.45. The Hall–Kier alpha value is -3.21. The van der Waals surface area contributed by atoms with Crippen LogP contribution in [-0.4, -0.2) is 69.3 Å². The van der Waals surface area contributed by atoms with Crippen molar-refractivity contribution < 1.29 is 13.6 Å². The zero-order valence-electron chi connectivity index (χ0n) is 16.9. The quantitative estimate of drug-likeness (QED) is 0.636. The molecule has 1 N–H and O–H groups in total. The maximum atomic E-state index is 13.9. The van der Waals surface area contributed by atoms with Gasteiger partial charge in [-0.1, -0.05) is 0 Å². The molecule has 30 heavy (non-hydrogen) atoms. The van der Waals surface area contributed by atoms with Gasteiger partial charge in [-0.05, 0) is 14.0 Å². The van der Waals surface area contributed by atoms with Crippen LogP contribution in [0.25, 0.3) is 16.7 Å². The van der Waals surface area contributed by atoms with Gasteiger partial charge in [0.15, 0.2) is 11.6 Å².